The van der Waals surface area contributed by atoms with Gasteiger partial charge in [-0.1, -0.05) is 23.2 Å². The molecule has 2 rings (SSSR count). The lowest BCUT2D eigenvalue weighted by Gasteiger charge is -2.10. The fourth-order valence-electron chi connectivity index (χ4n) is 2.01. The highest BCUT2D eigenvalue weighted by atomic mass is 35.5. The van der Waals surface area contributed by atoms with Gasteiger partial charge in [0.2, 0.25) is 0 Å². The zero-order chi connectivity index (χ0) is 15.6. The molecule has 0 saturated carbocycles. The van der Waals surface area contributed by atoms with Crippen LogP contribution in [0.25, 0.3) is 5.69 Å². The van der Waals surface area contributed by atoms with E-state index in [2.05, 4.69) is 5.10 Å². The third kappa shape index (κ3) is 3.11. The highest BCUT2D eigenvalue weighted by Gasteiger charge is 2.20. The van der Waals surface area contributed by atoms with E-state index in [1.54, 1.807) is 12.1 Å². The Morgan fingerprint density at radius 3 is 2.57 bits per heavy atom. The molecule has 0 unspecified atom stereocenters. The minimum Gasteiger partial charge on any atom is -0.383 e. The van der Waals surface area contributed by atoms with Crippen molar-refractivity contribution in [3.05, 3.63) is 39.0 Å². The van der Waals surface area contributed by atoms with E-state index in [9.17, 15) is 0 Å². The second-order valence-electron chi connectivity index (χ2n) is 4.40. The molecule has 1 aromatic heterocycles. The van der Waals surface area contributed by atoms with Gasteiger partial charge in [0.15, 0.2) is 5.69 Å². The number of aromatic nitrogens is 2. The molecule has 1 heterocycles. The summed E-state index contributed by atoms with van der Waals surface area (Å²) in [4.78, 5) is 0. The minimum absolute atomic E-state index is 0.203. The predicted molar refractivity (Wildman–Crippen MR) is 86.2 cm³/mol. The van der Waals surface area contributed by atoms with E-state index in [0.29, 0.717) is 51.3 Å². The van der Waals surface area contributed by atoms with Crippen LogP contribution in [0, 0.1) is 18.3 Å². The third-order valence-electron chi connectivity index (χ3n) is 2.95. The van der Waals surface area contributed by atoms with Crippen LogP contribution in [0.4, 0.5) is 5.82 Å². The summed E-state index contributed by atoms with van der Waals surface area (Å²) in [5, 5.41) is 14.2. The molecule has 0 aliphatic rings. The fraction of sp³-hybridized carbons (Fsp3) is 0.231. The van der Waals surface area contributed by atoms with Crippen molar-refractivity contribution in [2.45, 2.75) is 13.3 Å². The molecule has 21 heavy (non-hydrogen) atoms. The Labute approximate surface area is 136 Å². The summed E-state index contributed by atoms with van der Waals surface area (Å²) in [5.41, 5.74) is 8.21. The SMILES string of the molecule is Cc1cc(Cl)c(-n2nc(C#N)c(CCSO)c2N)c(Cl)c1. The van der Waals surface area contributed by atoms with Gasteiger partial charge in [0, 0.05) is 11.3 Å². The third-order valence-corrected chi connectivity index (χ3v) is 3.91. The highest BCUT2D eigenvalue weighted by molar-refractivity contribution is 7.93. The maximum Gasteiger partial charge on any atom is 0.168 e. The summed E-state index contributed by atoms with van der Waals surface area (Å²) in [7, 11) is 0. The van der Waals surface area contributed by atoms with Gasteiger partial charge < -0.3 is 10.3 Å². The molecule has 2 aromatic rings. The van der Waals surface area contributed by atoms with Crippen molar-refractivity contribution in [1.29, 1.82) is 5.26 Å². The molecule has 0 radical (unpaired) electrons. The Hall–Kier alpha value is -1.39. The zero-order valence-corrected chi connectivity index (χ0v) is 13.4. The van der Waals surface area contributed by atoms with Gasteiger partial charge in [-0.15, -0.1) is 0 Å². The van der Waals surface area contributed by atoms with Gasteiger partial charge in [-0.05, 0) is 43.1 Å². The van der Waals surface area contributed by atoms with Crippen LogP contribution in [0.3, 0.4) is 0 Å². The number of benzene rings is 1. The van der Waals surface area contributed by atoms with E-state index < -0.39 is 0 Å². The number of nitrogen functional groups attached to an aromatic ring is 1. The Bertz CT molecular complexity index is 701. The van der Waals surface area contributed by atoms with Crippen LogP contribution in [0.15, 0.2) is 12.1 Å². The maximum atomic E-state index is 9.17. The Balaban J connectivity index is 2.61. The lowest BCUT2D eigenvalue weighted by molar-refractivity contribution is 0.663. The number of anilines is 1. The largest absolute Gasteiger partial charge is 0.383 e. The van der Waals surface area contributed by atoms with Crippen molar-refractivity contribution in [2.75, 3.05) is 11.5 Å². The molecule has 3 N–H and O–H groups in total. The first-order valence-corrected chi connectivity index (χ1v) is 7.69. The van der Waals surface area contributed by atoms with Gasteiger partial charge >= 0.3 is 0 Å². The molecule has 110 valence electrons. The molecule has 0 atom stereocenters. The molecular weight excluding hydrogens is 331 g/mol. The molecule has 5 nitrogen and oxygen atoms in total. The lowest BCUT2D eigenvalue weighted by Crippen LogP contribution is -2.05. The molecule has 1 aromatic carbocycles. The monoisotopic (exact) mass is 342 g/mol. The van der Waals surface area contributed by atoms with Crippen LogP contribution in [0.5, 0.6) is 0 Å². The summed E-state index contributed by atoms with van der Waals surface area (Å²) < 4.78 is 10.2. The first-order chi connectivity index (χ1) is 9.99. The van der Waals surface area contributed by atoms with Gasteiger partial charge in [-0.3, -0.25) is 0 Å². The van der Waals surface area contributed by atoms with Crippen molar-refractivity contribution >= 4 is 41.1 Å². The molecular formula is C13H12Cl2N4OS. The Kier molecular flexibility index (Phi) is 5.01. The number of nitriles is 1. The predicted octanol–water partition coefficient (Wildman–Crippen LogP) is 3.69. The number of halogens is 2. The number of hydrogen-bond acceptors (Lipinski definition) is 5. The first kappa shape index (κ1) is 16.0. The van der Waals surface area contributed by atoms with E-state index in [1.807, 2.05) is 13.0 Å². The van der Waals surface area contributed by atoms with E-state index in [4.69, 9.17) is 38.8 Å². The van der Waals surface area contributed by atoms with Crippen LogP contribution in [0.2, 0.25) is 10.0 Å². The number of rotatable bonds is 4. The normalized spacial score (nSPS) is 10.6. The first-order valence-electron chi connectivity index (χ1n) is 5.99. The summed E-state index contributed by atoms with van der Waals surface area (Å²) in [6.07, 6.45) is 0.428. The summed E-state index contributed by atoms with van der Waals surface area (Å²) in [6, 6.07) is 5.50. The summed E-state index contributed by atoms with van der Waals surface area (Å²) in [6.45, 7) is 1.87. The molecule has 0 fully saturated rings. The van der Waals surface area contributed by atoms with Gasteiger partial charge in [-0.25, -0.2) is 4.68 Å². The van der Waals surface area contributed by atoms with Gasteiger partial charge in [0.05, 0.1) is 10.0 Å². The van der Waals surface area contributed by atoms with Gasteiger partial charge in [0.1, 0.15) is 17.6 Å². The summed E-state index contributed by atoms with van der Waals surface area (Å²) in [5.74, 6) is 0.716. The molecule has 0 spiro atoms. The summed E-state index contributed by atoms with van der Waals surface area (Å²) >= 11 is 13.1. The smallest absolute Gasteiger partial charge is 0.168 e. The maximum absolute atomic E-state index is 9.17. The van der Waals surface area contributed by atoms with Crippen LogP contribution in [0.1, 0.15) is 16.8 Å². The fourth-order valence-corrected chi connectivity index (χ4v) is 3.06. The standard InChI is InChI=1S/C13H12Cl2N4OS/c1-7-4-9(14)12(10(15)5-7)19-13(17)8(2-3-21-20)11(6-16)18-19/h4-5,20H,2-3,17H2,1H3. The number of nitrogens with zero attached hydrogens (tertiary/aromatic N) is 3. The van der Waals surface area contributed by atoms with Crippen molar-refractivity contribution in [3.8, 4) is 11.8 Å². The van der Waals surface area contributed by atoms with Crippen LogP contribution < -0.4 is 5.73 Å². The Morgan fingerprint density at radius 2 is 2.05 bits per heavy atom. The quantitative estimate of drug-likeness (QED) is 0.827. The number of hydrogen-bond donors (Lipinski definition) is 2. The van der Waals surface area contributed by atoms with Crippen LogP contribution >= 0.6 is 35.2 Å². The highest BCUT2D eigenvalue weighted by Crippen LogP contribution is 2.33. The number of aryl methyl sites for hydroxylation is 1. The molecule has 0 bridgehead atoms. The van der Waals surface area contributed by atoms with Gasteiger partial charge in [0.25, 0.3) is 0 Å². The molecule has 0 saturated heterocycles. The molecule has 0 amide bonds. The minimum atomic E-state index is 0.203. The zero-order valence-electron chi connectivity index (χ0n) is 11.1. The van der Waals surface area contributed by atoms with E-state index in [1.165, 1.54) is 4.68 Å². The number of nitrogens with two attached hydrogens (primary N) is 1. The van der Waals surface area contributed by atoms with Gasteiger partial charge in [-0.2, -0.15) is 10.4 Å². The van der Waals surface area contributed by atoms with Crippen molar-refractivity contribution < 1.29 is 4.55 Å². The van der Waals surface area contributed by atoms with Crippen molar-refractivity contribution in [3.63, 3.8) is 0 Å². The van der Waals surface area contributed by atoms with Crippen molar-refractivity contribution in [2.24, 2.45) is 0 Å². The second-order valence-corrected chi connectivity index (χ2v) is 5.88. The van der Waals surface area contributed by atoms with Crippen molar-refractivity contribution in [1.82, 2.24) is 9.78 Å². The average molecular weight is 343 g/mol. The molecule has 8 heteroatoms. The topological polar surface area (TPSA) is 87.9 Å². The molecule has 0 aliphatic heterocycles. The van der Waals surface area contributed by atoms with E-state index in [-0.39, 0.29) is 5.69 Å². The lowest BCUT2D eigenvalue weighted by atomic mass is 10.2. The average Bonchev–Trinajstić information content (AvgIpc) is 2.72. The van der Waals surface area contributed by atoms with E-state index in [0.717, 1.165) is 5.56 Å². The van der Waals surface area contributed by atoms with E-state index >= 15 is 0 Å². The van der Waals surface area contributed by atoms with Crippen LogP contribution in [-0.2, 0) is 6.42 Å². The second kappa shape index (κ2) is 6.58. The molecule has 0 aliphatic carbocycles. The Morgan fingerprint density at radius 1 is 1.43 bits per heavy atom. The van der Waals surface area contributed by atoms with Crippen LogP contribution in [-0.4, -0.2) is 20.1 Å².